The summed E-state index contributed by atoms with van der Waals surface area (Å²) in [7, 11) is 1.71. The molecule has 12 nitrogen and oxygen atoms in total. The van der Waals surface area contributed by atoms with E-state index in [1.807, 2.05) is 58.4 Å². The number of hydrogen-bond donors (Lipinski definition) is 2. The van der Waals surface area contributed by atoms with Crippen molar-refractivity contribution in [2.45, 2.75) is 50.6 Å². The van der Waals surface area contributed by atoms with Crippen molar-refractivity contribution in [2.75, 3.05) is 19.0 Å². The number of aromatic amines is 1. The number of benzene rings is 2. The molecule has 2 atom stereocenters. The zero-order chi connectivity index (χ0) is 35.6. The first kappa shape index (κ1) is 31.6. The lowest BCUT2D eigenvalue weighted by molar-refractivity contribution is 0.0776. The number of methoxy groups -OCH3 is 1. The van der Waals surface area contributed by atoms with Crippen molar-refractivity contribution >= 4 is 33.1 Å². The van der Waals surface area contributed by atoms with Gasteiger partial charge in [0.1, 0.15) is 11.6 Å². The molecule has 0 unspecified atom stereocenters. The molecule has 2 aromatic carbocycles. The molecule has 53 heavy (non-hydrogen) atoms. The Balaban J connectivity index is 1.10. The Morgan fingerprint density at radius 1 is 1.02 bits per heavy atom. The number of ether oxygens (including phenoxy) is 1. The number of nitrogens with zero attached hydrogens (tertiary/aromatic N) is 6. The van der Waals surface area contributed by atoms with Crippen LogP contribution in [0.2, 0.25) is 0 Å². The van der Waals surface area contributed by atoms with Crippen LogP contribution in [-0.2, 0) is 19.3 Å². The van der Waals surface area contributed by atoms with Crippen LogP contribution in [0, 0.1) is 0 Å². The number of H-pyrrole nitrogens is 1. The molecule has 5 aromatic heterocycles. The van der Waals surface area contributed by atoms with Crippen molar-refractivity contribution in [3.05, 3.63) is 123 Å². The summed E-state index contributed by atoms with van der Waals surface area (Å²) in [6, 6.07) is 20.5. The van der Waals surface area contributed by atoms with Crippen LogP contribution in [0.15, 0.2) is 88.5 Å². The lowest BCUT2D eigenvalue weighted by Crippen LogP contribution is -2.22. The highest BCUT2D eigenvalue weighted by atomic mass is 32.1. The van der Waals surface area contributed by atoms with Crippen molar-refractivity contribution in [2.24, 2.45) is 0 Å². The van der Waals surface area contributed by atoms with E-state index in [-0.39, 0.29) is 23.9 Å². The topological polar surface area (TPSA) is 144 Å². The minimum absolute atomic E-state index is 0.0460. The van der Waals surface area contributed by atoms with Crippen LogP contribution in [0.3, 0.4) is 0 Å². The van der Waals surface area contributed by atoms with E-state index in [2.05, 4.69) is 44.9 Å². The standard InChI is InChI=1S/C40H34N8O4S/c1-51-30-7-2-5-25-26(30)13-15-27(25)44-37-36-23(16-18-41-37)21-31(53-36)33-32(38-45-46-40(50)52-38)28(43-35-29-6-3-19-47(29)39(49)34(33)35)14-10-22-8-11-24(12-9-22)48-20-4-17-42-48/h2,4-5,7-9,11-12,16-18,20-21,27,29H,3,6,10,13-15,19H2,1H3,(H,41,44)(H,46,50)/t27-,29-/m1/s1. The van der Waals surface area contributed by atoms with Gasteiger partial charge in [0.2, 0.25) is 0 Å². The summed E-state index contributed by atoms with van der Waals surface area (Å²) in [5.41, 5.74) is 7.89. The summed E-state index contributed by atoms with van der Waals surface area (Å²) in [5.74, 6) is 1.10. The molecule has 7 aromatic rings. The number of thiophene rings is 1. The Bertz CT molecular complexity index is 2590. The molecule has 13 heteroatoms. The van der Waals surface area contributed by atoms with Gasteiger partial charge in [-0.1, -0.05) is 24.3 Å². The quantitative estimate of drug-likeness (QED) is 0.160. The summed E-state index contributed by atoms with van der Waals surface area (Å²) in [6.45, 7) is 0.683. The van der Waals surface area contributed by atoms with Crippen LogP contribution in [0.5, 0.6) is 5.75 Å². The van der Waals surface area contributed by atoms with E-state index in [1.54, 1.807) is 24.6 Å². The summed E-state index contributed by atoms with van der Waals surface area (Å²) in [5, 5.41) is 15.8. The second-order valence-electron chi connectivity index (χ2n) is 13.7. The number of pyridine rings is 2. The Labute approximate surface area is 307 Å². The second kappa shape index (κ2) is 12.6. The average Bonchev–Trinajstić information content (AvgIpc) is 4.04. The maximum atomic E-state index is 14.3. The Kier molecular flexibility index (Phi) is 7.49. The van der Waals surface area contributed by atoms with Crippen LogP contribution >= 0.6 is 11.3 Å². The van der Waals surface area contributed by atoms with Crippen molar-refractivity contribution in [3.8, 4) is 33.3 Å². The molecule has 2 aliphatic heterocycles. The number of carbonyl (C=O) groups is 1. The SMILES string of the molecule is COc1cccc2c1CC[C@H]2Nc1nccc2cc(-c3c4c(nc(CCc5ccc(-n6cccn6)cc5)c3-c3n[nH]c(=O)o3)[C@H]3CCCN3C4=O)sc12. The van der Waals surface area contributed by atoms with Crippen molar-refractivity contribution in [1.82, 2.24) is 34.8 Å². The normalized spacial score (nSPS) is 17.4. The first-order valence-corrected chi connectivity index (χ1v) is 18.7. The maximum Gasteiger partial charge on any atom is 0.434 e. The highest BCUT2D eigenvalue weighted by molar-refractivity contribution is 7.23. The zero-order valence-corrected chi connectivity index (χ0v) is 29.7. The van der Waals surface area contributed by atoms with Gasteiger partial charge >= 0.3 is 5.76 Å². The van der Waals surface area contributed by atoms with Gasteiger partial charge < -0.3 is 19.4 Å². The molecule has 2 N–H and O–H groups in total. The molecule has 0 spiro atoms. The van der Waals surface area contributed by atoms with Gasteiger partial charge in [-0.25, -0.2) is 19.6 Å². The molecule has 1 saturated heterocycles. The fourth-order valence-corrected chi connectivity index (χ4v) is 9.53. The van der Waals surface area contributed by atoms with Crippen LogP contribution < -0.4 is 15.8 Å². The van der Waals surface area contributed by atoms with Gasteiger partial charge in [0.15, 0.2) is 0 Å². The minimum atomic E-state index is -0.668. The van der Waals surface area contributed by atoms with Crippen molar-refractivity contribution < 1.29 is 13.9 Å². The zero-order valence-electron chi connectivity index (χ0n) is 28.8. The monoisotopic (exact) mass is 722 g/mol. The van der Waals surface area contributed by atoms with Gasteiger partial charge in [-0.15, -0.1) is 16.4 Å². The smallest absolute Gasteiger partial charge is 0.434 e. The fourth-order valence-electron chi connectivity index (χ4n) is 8.36. The molecule has 10 rings (SSSR count). The first-order chi connectivity index (χ1) is 26.0. The molecule has 1 amide bonds. The Morgan fingerprint density at radius 3 is 2.74 bits per heavy atom. The summed E-state index contributed by atoms with van der Waals surface area (Å²) >= 11 is 1.57. The Hall–Kier alpha value is -6.08. The molecule has 0 saturated carbocycles. The van der Waals surface area contributed by atoms with Crippen molar-refractivity contribution in [3.63, 3.8) is 0 Å². The first-order valence-electron chi connectivity index (χ1n) is 17.9. The molecular formula is C40H34N8O4S. The fraction of sp³-hybridized carbons (Fsp3) is 0.250. The number of anilines is 1. The van der Waals surface area contributed by atoms with Crippen molar-refractivity contribution in [1.29, 1.82) is 0 Å². The third-order valence-electron chi connectivity index (χ3n) is 10.8. The van der Waals surface area contributed by atoms with E-state index in [0.717, 1.165) is 74.9 Å². The molecule has 264 valence electrons. The molecule has 3 aliphatic rings. The number of hydrogen-bond acceptors (Lipinski definition) is 10. The average molecular weight is 723 g/mol. The Morgan fingerprint density at radius 2 is 1.92 bits per heavy atom. The van der Waals surface area contributed by atoms with Crippen LogP contribution in [0.25, 0.3) is 37.7 Å². The van der Waals surface area contributed by atoms with Crippen LogP contribution in [-0.4, -0.2) is 54.4 Å². The summed E-state index contributed by atoms with van der Waals surface area (Å²) in [6.07, 6.45) is 10.3. The number of amides is 1. The van der Waals surface area contributed by atoms with Gasteiger partial charge in [0, 0.05) is 35.6 Å². The molecule has 0 bridgehead atoms. The van der Waals surface area contributed by atoms with Gasteiger partial charge in [-0.05, 0) is 97.0 Å². The number of aryl methyl sites for hydroxylation is 2. The highest BCUT2D eigenvalue weighted by Gasteiger charge is 2.45. The summed E-state index contributed by atoms with van der Waals surface area (Å²) < 4.78 is 14.1. The molecular weight excluding hydrogens is 689 g/mol. The van der Waals surface area contributed by atoms with Gasteiger partial charge in [0.05, 0.1) is 52.1 Å². The number of carbonyl (C=O) groups excluding carboxylic acids is 1. The van der Waals surface area contributed by atoms with Crippen LogP contribution in [0.1, 0.15) is 69.8 Å². The van der Waals surface area contributed by atoms with E-state index in [9.17, 15) is 9.59 Å². The van der Waals surface area contributed by atoms with E-state index in [4.69, 9.17) is 19.1 Å². The van der Waals surface area contributed by atoms with E-state index < -0.39 is 5.76 Å². The van der Waals surface area contributed by atoms with E-state index in [1.165, 1.54) is 11.1 Å². The number of rotatable bonds is 9. The lowest BCUT2D eigenvalue weighted by Gasteiger charge is -2.16. The van der Waals surface area contributed by atoms with E-state index >= 15 is 0 Å². The molecule has 1 aliphatic carbocycles. The van der Waals surface area contributed by atoms with E-state index in [0.29, 0.717) is 36.1 Å². The molecule has 7 heterocycles. The number of aromatic nitrogens is 6. The summed E-state index contributed by atoms with van der Waals surface area (Å²) in [4.78, 5) is 39.6. The van der Waals surface area contributed by atoms with Gasteiger partial charge in [0.25, 0.3) is 11.8 Å². The maximum absolute atomic E-state index is 14.3. The minimum Gasteiger partial charge on any atom is -0.496 e. The van der Waals surface area contributed by atoms with Gasteiger partial charge in [-0.3, -0.25) is 9.78 Å². The third kappa shape index (κ3) is 5.25. The third-order valence-corrected chi connectivity index (χ3v) is 12.0. The molecule has 0 radical (unpaired) electrons. The highest BCUT2D eigenvalue weighted by Crippen LogP contribution is 2.50. The second-order valence-corrected chi connectivity index (χ2v) is 14.8. The lowest BCUT2D eigenvalue weighted by atomic mass is 9.93. The number of fused-ring (bicyclic) bond motifs is 5. The number of nitrogens with one attached hydrogen (secondary N) is 2. The van der Waals surface area contributed by atoms with Gasteiger partial charge in [-0.2, -0.15) is 5.10 Å². The van der Waals surface area contributed by atoms with Crippen LogP contribution in [0.4, 0.5) is 5.82 Å². The molecule has 1 fully saturated rings. The largest absolute Gasteiger partial charge is 0.496 e. The predicted octanol–water partition coefficient (Wildman–Crippen LogP) is 7.07. The predicted molar refractivity (Wildman–Crippen MR) is 201 cm³/mol.